The Hall–Kier alpha value is -1.31. The molecule has 0 aromatic heterocycles. The average Bonchev–Trinajstić information content (AvgIpc) is 3.02. The molecule has 42 heavy (non-hydrogen) atoms. The van der Waals surface area contributed by atoms with E-state index in [2.05, 4.69) is 74.5 Å². The molecule has 0 fully saturated rings. The van der Waals surface area contributed by atoms with Crippen LogP contribution in [0.2, 0.25) is 0 Å². The monoisotopic (exact) mass is 598 g/mol. The maximum atomic E-state index is 2.38. The SMILES string of the molecule is CCCCCCCCCCCCCC[N+](CCCCCCCCCCCCCC)(c1ccccc1)c1ccccc1.[Cl-]. The first-order valence-corrected chi connectivity index (χ1v) is 18.3. The Bertz CT molecular complexity index is 735. The summed E-state index contributed by atoms with van der Waals surface area (Å²) >= 11 is 0. The van der Waals surface area contributed by atoms with E-state index in [1.807, 2.05) is 0 Å². The highest BCUT2D eigenvalue weighted by molar-refractivity contribution is 5.58. The fraction of sp³-hybridized carbons (Fsp3) is 0.700. The molecular formula is C40H68ClN. The number of halogens is 1. The lowest BCUT2D eigenvalue weighted by molar-refractivity contribution is -0.00000876. The van der Waals surface area contributed by atoms with Gasteiger partial charge in [-0.05, 0) is 49.9 Å². The van der Waals surface area contributed by atoms with Gasteiger partial charge in [0, 0.05) is 0 Å². The van der Waals surface area contributed by atoms with Gasteiger partial charge in [0.2, 0.25) is 0 Å². The molecule has 2 aromatic carbocycles. The Morgan fingerprint density at radius 1 is 0.333 bits per heavy atom. The second-order valence-electron chi connectivity index (χ2n) is 12.9. The van der Waals surface area contributed by atoms with Crippen molar-refractivity contribution in [2.75, 3.05) is 13.1 Å². The summed E-state index contributed by atoms with van der Waals surface area (Å²) in [4.78, 5) is 0. The summed E-state index contributed by atoms with van der Waals surface area (Å²) in [6, 6.07) is 22.9. The summed E-state index contributed by atoms with van der Waals surface area (Å²) in [5, 5.41) is 0. The second kappa shape index (κ2) is 27.3. The van der Waals surface area contributed by atoms with E-state index in [1.165, 1.54) is 179 Å². The summed E-state index contributed by atoms with van der Waals surface area (Å²) in [6.45, 7) is 7.07. The molecule has 0 saturated heterocycles. The predicted octanol–water partition coefficient (Wildman–Crippen LogP) is 10.7. The number of hydrogen-bond donors (Lipinski definition) is 0. The highest BCUT2D eigenvalue weighted by Gasteiger charge is 2.32. The highest BCUT2D eigenvalue weighted by Crippen LogP contribution is 2.36. The maximum absolute atomic E-state index is 2.38. The van der Waals surface area contributed by atoms with Crippen LogP contribution in [0.4, 0.5) is 11.4 Å². The lowest BCUT2D eigenvalue weighted by Gasteiger charge is -2.38. The first kappa shape index (κ1) is 38.7. The van der Waals surface area contributed by atoms with Crippen LogP contribution in [0.3, 0.4) is 0 Å². The van der Waals surface area contributed by atoms with Crippen molar-refractivity contribution in [3.05, 3.63) is 60.7 Å². The van der Waals surface area contributed by atoms with E-state index in [9.17, 15) is 0 Å². The molecule has 0 N–H and O–H groups in total. The van der Waals surface area contributed by atoms with Crippen LogP contribution in [0, 0.1) is 0 Å². The molecule has 2 rings (SSSR count). The molecule has 0 radical (unpaired) electrons. The maximum Gasteiger partial charge on any atom is 0.137 e. The number of para-hydroxylation sites is 2. The summed E-state index contributed by atoms with van der Waals surface area (Å²) in [5.41, 5.74) is 2.95. The quantitative estimate of drug-likeness (QED) is 0.0676. The van der Waals surface area contributed by atoms with Crippen LogP contribution in [0.25, 0.3) is 0 Å². The van der Waals surface area contributed by atoms with Gasteiger partial charge < -0.3 is 12.4 Å². The van der Waals surface area contributed by atoms with Gasteiger partial charge in [-0.25, -0.2) is 0 Å². The minimum atomic E-state index is 0. The summed E-state index contributed by atoms with van der Waals surface area (Å²) in [5.74, 6) is 0. The Morgan fingerprint density at radius 3 is 0.833 bits per heavy atom. The van der Waals surface area contributed by atoms with Crippen molar-refractivity contribution >= 4 is 11.4 Å². The number of hydrogen-bond acceptors (Lipinski definition) is 0. The fourth-order valence-corrected chi connectivity index (χ4v) is 6.65. The lowest BCUT2D eigenvalue weighted by atomic mass is 10.0. The van der Waals surface area contributed by atoms with Crippen LogP contribution >= 0.6 is 0 Å². The lowest BCUT2D eigenvalue weighted by Crippen LogP contribution is -3.00. The van der Waals surface area contributed by atoms with E-state index in [0.29, 0.717) is 0 Å². The third kappa shape index (κ3) is 17.1. The van der Waals surface area contributed by atoms with Gasteiger partial charge in [-0.3, -0.25) is 4.48 Å². The molecule has 0 aliphatic rings. The van der Waals surface area contributed by atoms with Gasteiger partial charge in [0.05, 0.1) is 13.1 Å². The van der Waals surface area contributed by atoms with Crippen LogP contribution in [0.1, 0.15) is 168 Å². The highest BCUT2D eigenvalue weighted by atomic mass is 35.5. The van der Waals surface area contributed by atoms with Gasteiger partial charge >= 0.3 is 0 Å². The second-order valence-corrected chi connectivity index (χ2v) is 12.9. The summed E-state index contributed by atoms with van der Waals surface area (Å²) in [7, 11) is 0. The van der Waals surface area contributed by atoms with E-state index in [-0.39, 0.29) is 12.4 Å². The third-order valence-corrected chi connectivity index (χ3v) is 9.29. The Balaban J connectivity index is 0.00000882. The zero-order valence-electron chi connectivity index (χ0n) is 28.0. The zero-order chi connectivity index (χ0) is 29.1. The van der Waals surface area contributed by atoms with Gasteiger partial charge in [-0.1, -0.05) is 179 Å². The van der Waals surface area contributed by atoms with Crippen LogP contribution in [-0.4, -0.2) is 13.1 Å². The largest absolute Gasteiger partial charge is 1.00 e. The minimum absolute atomic E-state index is 0. The number of nitrogens with zero attached hydrogens (tertiary/aromatic N) is 1. The van der Waals surface area contributed by atoms with E-state index >= 15 is 0 Å². The summed E-state index contributed by atoms with van der Waals surface area (Å²) in [6.07, 6.45) is 33.9. The minimum Gasteiger partial charge on any atom is -1.00 e. The van der Waals surface area contributed by atoms with Crippen molar-refractivity contribution in [3.63, 3.8) is 0 Å². The van der Waals surface area contributed by atoms with Crippen LogP contribution in [0.5, 0.6) is 0 Å². The first-order valence-electron chi connectivity index (χ1n) is 18.3. The topological polar surface area (TPSA) is 0 Å². The van der Waals surface area contributed by atoms with E-state index in [0.717, 1.165) is 4.48 Å². The van der Waals surface area contributed by atoms with Gasteiger partial charge in [0.1, 0.15) is 11.4 Å². The predicted molar refractivity (Wildman–Crippen MR) is 186 cm³/mol. The number of unbranched alkanes of at least 4 members (excludes halogenated alkanes) is 22. The van der Waals surface area contributed by atoms with Crippen molar-refractivity contribution in [3.8, 4) is 0 Å². The van der Waals surface area contributed by atoms with Crippen molar-refractivity contribution < 1.29 is 12.4 Å². The van der Waals surface area contributed by atoms with Crippen molar-refractivity contribution in [1.29, 1.82) is 0 Å². The molecule has 0 bridgehead atoms. The molecule has 0 atom stereocenters. The molecule has 0 aliphatic heterocycles. The van der Waals surface area contributed by atoms with Crippen molar-refractivity contribution in [2.24, 2.45) is 0 Å². The molecule has 0 unspecified atom stereocenters. The molecule has 1 nitrogen and oxygen atoms in total. The summed E-state index contributed by atoms with van der Waals surface area (Å²) < 4.78 is 1.02. The Morgan fingerprint density at radius 2 is 0.571 bits per heavy atom. The first-order chi connectivity index (χ1) is 20.3. The molecule has 0 amide bonds. The standard InChI is InChI=1S/C40H68N.ClH/c1-3-5-7-9-11-13-15-17-19-21-23-31-37-41(39-33-27-25-28-34-39,40-35-29-26-30-36-40)38-32-24-22-20-18-16-14-12-10-8-6-4-2;/h25-30,33-36H,3-24,31-32,37-38H2,1-2H3;1H/q+1;/p-1. The zero-order valence-corrected chi connectivity index (χ0v) is 28.7. The molecule has 2 heteroatoms. The van der Waals surface area contributed by atoms with Crippen LogP contribution in [0.15, 0.2) is 60.7 Å². The molecule has 0 heterocycles. The fourth-order valence-electron chi connectivity index (χ4n) is 6.65. The smallest absolute Gasteiger partial charge is 0.137 e. The Labute approximate surface area is 269 Å². The van der Waals surface area contributed by atoms with Gasteiger partial charge in [0.15, 0.2) is 0 Å². The van der Waals surface area contributed by atoms with Crippen LogP contribution in [-0.2, 0) is 0 Å². The van der Waals surface area contributed by atoms with Crippen molar-refractivity contribution in [2.45, 2.75) is 168 Å². The Kier molecular flexibility index (Phi) is 25.1. The average molecular weight is 598 g/mol. The third-order valence-electron chi connectivity index (χ3n) is 9.29. The number of benzene rings is 2. The van der Waals surface area contributed by atoms with Crippen LogP contribution < -0.4 is 16.9 Å². The number of quaternary nitrogens is 1. The normalized spacial score (nSPS) is 11.5. The molecule has 240 valence electrons. The molecule has 0 spiro atoms. The van der Waals surface area contributed by atoms with Gasteiger partial charge in [-0.15, -0.1) is 0 Å². The van der Waals surface area contributed by atoms with E-state index in [1.54, 1.807) is 0 Å². The van der Waals surface area contributed by atoms with Gasteiger partial charge in [-0.2, -0.15) is 0 Å². The number of rotatable bonds is 28. The molecule has 0 saturated carbocycles. The molecule has 0 aliphatic carbocycles. The van der Waals surface area contributed by atoms with E-state index in [4.69, 9.17) is 0 Å². The van der Waals surface area contributed by atoms with Gasteiger partial charge in [0.25, 0.3) is 0 Å². The molecular weight excluding hydrogens is 530 g/mol. The molecule has 2 aromatic rings. The van der Waals surface area contributed by atoms with E-state index < -0.39 is 0 Å². The van der Waals surface area contributed by atoms with Crippen molar-refractivity contribution in [1.82, 2.24) is 4.48 Å².